The van der Waals surface area contributed by atoms with E-state index in [9.17, 15) is 14.3 Å². The maximum atomic E-state index is 12.7. The van der Waals surface area contributed by atoms with E-state index >= 15 is 0 Å². The molecule has 0 aliphatic rings. The van der Waals surface area contributed by atoms with Crippen LogP contribution in [0.5, 0.6) is 5.75 Å². The topological polar surface area (TPSA) is 61.4 Å². The molecule has 0 unspecified atom stereocenters. The van der Waals surface area contributed by atoms with Crippen LogP contribution in [-0.2, 0) is 0 Å². The standard InChI is InChI=1S/C14H13FN2O2/c1-9-8-12(6-7-13(9)18)17-14(19)16-11-4-2-10(15)3-5-11/h2-8,18H,1H3,(H2,16,17,19). The van der Waals surface area contributed by atoms with Crippen molar-refractivity contribution in [2.24, 2.45) is 0 Å². The van der Waals surface area contributed by atoms with Crippen LogP contribution in [0.1, 0.15) is 5.56 Å². The van der Waals surface area contributed by atoms with E-state index < -0.39 is 6.03 Å². The second-order valence-corrected chi connectivity index (χ2v) is 4.09. The number of anilines is 2. The second-order valence-electron chi connectivity index (χ2n) is 4.09. The molecule has 98 valence electrons. The first-order valence-electron chi connectivity index (χ1n) is 5.68. The first-order valence-corrected chi connectivity index (χ1v) is 5.68. The third-order valence-electron chi connectivity index (χ3n) is 2.56. The average Bonchev–Trinajstić information content (AvgIpc) is 2.37. The number of carbonyl (C=O) groups is 1. The first-order chi connectivity index (χ1) is 9.04. The molecular weight excluding hydrogens is 247 g/mol. The van der Waals surface area contributed by atoms with Crippen LogP contribution in [0.2, 0.25) is 0 Å². The molecule has 19 heavy (non-hydrogen) atoms. The highest BCUT2D eigenvalue weighted by Crippen LogP contribution is 2.20. The minimum absolute atomic E-state index is 0.171. The van der Waals surface area contributed by atoms with Crippen LogP contribution in [0.4, 0.5) is 20.6 Å². The fourth-order valence-corrected chi connectivity index (χ4v) is 1.56. The van der Waals surface area contributed by atoms with E-state index in [-0.39, 0.29) is 11.6 Å². The molecule has 0 fully saturated rings. The van der Waals surface area contributed by atoms with Gasteiger partial charge in [0, 0.05) is 11.4 Å². The highest BCUT2D eigenvalue weighted by atomic mass is 19.1. The third kappa shape index (κ3) is 3.45. The number of rotatable bonds is 2. The molecule has 0 aromatic heterocycles. The molecule has 0 heterocycles. The van der Waals surface area contributed by atoms with E-state index in [0.717, 1.165) is 0 Å². The molecular formula is C14H13FN2O2. The van der Waals surface area contributed by atoms with Gasteiger partial charge in [0.05, 0.1) is 0 Å². The number of phenols is 1. The lowest BCUT2D eigenvalue weighted by Crippen LogP contribution is -2.19. The maximum Gasteiger partial charge on any atom is 0.323 e. The minimum atomic E-state index is -0.434. The van der Waals surface area contributed by atoms with Crippen molar-refractivity contribution in [1.29, 1.82) is 0 Å². The van der Waals surface area contributed by atoms with Crippen molar-refractivity contribution < 1.29 is 14.3 Å². The molecule has 0 bridgehead atoms. The number of urea groups is 1. The molecule has 2 amide bonds. The Morgan fingerprint density at radius 1 is 1.05 bits per heavy atom. The van der Waals surface area contributed by atoms with E-state index in [1.54, 1.807) is 19.1 Å². The highest BCUT2D eigenvalue weighted by molar-refractivity contribution is 5.99. The minimum Gasteiger partial charge on any atom is -0.508 e. The molecule has 3 N–H and O–H groups in total. The van der Waals surface area contributed by atoms with Crippen molar-refractivity contribution in [3.8, 4) is 5.75 Å². The van der Waals surface area contributed by atoms with Gasteiger partial charge in [-0.05, 0) is 55.0 Å². The van der Waals surface area contributed by atoms with Crippen LogP contribution in [0.25, 0.3) is 0 Å². The quantitative estimate of drug-likeness (QED) is 0.724. The van der Waals surface area contributed by atoms with Gasteiger partial charge in [0.15, 0.2) is 0 Å². The van der Waals surface area contributed by atoms with E-state index in [1.165, 1.54) is 30.3 Å². The summed E-state index contributed by atoms with van der Waals surface area (Å²) in [7, 11) is 0. The van der Waals surface area contributed by atoms with Crippen molar-refractivity contribution in [1.82, 2.24) is 0 Å². The number of halogens is 1. The van der Waals surface area contributed by atoms with Gasteiger partial charge in [-0.1, -0.05) is 0 Å². The molecule has 5 heteroatoms. The summed E-state index contributed by atoms with van der Waals surface area (Å²) in [6.07, 6.45) is 0. The first kappa shape index (κ1) is 12.9. The molecule has 4 nitrogen and oxygen atoms in total. The predicted molar refractivity (Wildman–Crippen MR) is 71.9 cm³/mol. The molecule has 0 atom stereocenters. The Bertz CT molecular complexity index is 597. The van der Waals surface area contributed by atoms with Gasteiger partial charge >= 0.3 is 6.03 Å². The summed E-state index contributed by atoms with van der Waals surface area (Å²) in [5.74, 6) is -0.190. The highest BCUT2D eigenvalue weighted by Gasteiger charge is 2.04. The number of benzene rings is 2. The number of nitrogens with one attached hydrogen (secondary N) is 2. The van der Waals surface area contributed by atoms with Crippen molar-refractivity contribution in [3.63, 3.8) is 0 Å². The lowest BCUT2D eigenvalue weighted by atomic mass is 10.2. The van der Waals surface area contributed by atoms with Crippen molar-refractivity contribution in [2.75, 3.05) is 10.6 Å². The number of aryl methyl sites for hydroxylation is 1. The Hall–Kier alpha value is -2.56. The van der Waals surface area contributed by atoms with Gasteiger partial charge in [-0.2, -0.15) is 0 Å². The Kier molecular flexibility index (Phi) is 3.66. The Balaban J connectivity index is 2.01. The van der Waals surface area contributed by atoms with Crippen molar-refractivity contribution in [2.45, 2.75) is 6.92 Å². The molecule has 0 radical (unpaired) electrons. The maximum absolute atomic E-state index is 12.7. The summed E-state index contributed by atoms with van der Waals surface area (Å²) < 4.78 is 12.7. The molecule has 0 saturated heterocycles. The lowest BCUT2D eigenvalue weighted by molar-refractivity contribution is 0.262. The van der Waals surface area contributed by atoms with E-state index in [1.807, 2.05) is 0 Å². The van der Waals surface area contributed by atoms with Gasteiger partial charge in [0.2, 0.25) is 0 Å². The largest absolute Gasteiger partial charge is 0.508 e. The normalized spacial score (nSPS) is 10.0. The van der Waals surface area contributed by atoms with Gasteiger partial charge in [0.1, 0.15) is 11.6 Å². The summed E-state index contributed by atoms with van der Waals surface area (Å²) in [6, 6.07) is 9.78. The van der Waals surface area contributed by atoms with Gasteiger partial charge in [-0.3, -0.25) is 0 Å². The van der Waals surface area contributed by atoms with E-state index in [4.69, 9.17) is 0 Å². The van der Waals surface area contributed by atoms with E-state index in [2.05, 4.69) is 10.6 Å². The zero-order valence-electron chi connectivity index (χ0n) is 10.3. The van der Waals surface area contributed by atoms with Crippen LogP contribution in [0.3, 0.4) is 0 Å². The smallest absolute Gasteiger partial charge is 0.323 e. The van der Waals surface area contributed by atoms with E-state index in [0.29, 0.717) is 16.9 Å². The number of aromatic hydroxyl groups is 1. The molecule has 0 aliphatic carbocycles. The van der Waals surface area contributed by atoms with Crippen LogP contribution >= 0.6 is 0 Å². The molecule has 0 saturated carbocycles. The Morgan fingerprint density at radius 2 is 1.63 bits per heavy atom. The zero-order chi connectivity index (χ0) is 13.8. The molecule has 0 spiro atoms. The number of amides is 2. The molecule has 2 aromatic carbocycles. The summed E-state index contributed by atoms with van der Waals surface area (Å²) in [5, 5.41) is 14.6. The SMILES string of the molecule is Cc1cc(NC(=O)Nc2ccc(F)cc2)ccc1O. The van der Waals surface area contributed by atoms with Crippen LogP contribution < -0.4 is 10.6 Å². The molecule has 2 rings (SSSR count). The third-order valence-corrected chi connectivity index (χ3v) is 2.56. The second kappa shape index (κ2) is 5.39. The van der Waals surface area contributed by atoms with Crippen molar-refractivity contribution in [3.05, 3.63) is 53.8 Å². The fraction of sp³-hybridized carbons (Fsp3) is 0.0714. The monoisotopic (exact) mass is 260 g/mol. The fourth-order valence-electron chi connectivity index (χ4n) is 1.56. The van der Waals surface area contributed by atoms with Crippen LogP contribution in [0.15, 0.2) is 42.5 Å². The predicted octanol–water partition coefficient (Wildman–Crippen LogP) is 3.48. The van der Waals surface area contributed by atoms with Crippen LogP contribution in [0, 0.1) is 12.7 Å². The number of carbonyl (C=O) groups excluding carboxylic acids is 1. The summed E-state index contributed by atoms with van der Waals surface area (Å²) >= 11 is 0. The van der Waals surface area contributed by atoms with Gasteiger partial charge in [0.25, 0.3) is 0 Å². The Labute approximate surface area is 109 Å². The van der Waals surface area contributed by atoms with Gasteiger partial charge < -0.3 is 15.7 Å². The van der Waals surface area contributed by atoms with Crippen molar-refractivity contribution >= 4 is 17.4 Å². The van der Waals surface area contributed by atoms with Gasteiger partial charge in [-0.25, -0.2) is 9.18 Å². The van der Waals surface area contributed by atoms with Gasteiger partial charge in [-0.15, -0.1) is 0 Å². The lowest BCUT2D eigenvalue weighted by Gasteiger charge is -2.08. The number of hydrogen-bond acceptors (Lipinski definition) is 2. The Morgan fingerprint density at radius 3 is 2.26 bits per heavy atom. The summed E-state index contributed by atoms with van der Waals surface area (Å²) in [4.78, 5) is 11.7. The molecule has 0 aliphatic heterocycles. The number of phenolic OH excluding ortho intramolecular Hbond substituents is 1. The zero-order valence-corrected chi connectivity index (χ0v) is 10.3. The summed E-state index contributed by atoms with van der Waals surface area (Å²) in [5.41, 5.74) is 1.73. The number of hydrogen-bond donors (Lipinski definition) is 3. The average molecular weight is 260 g/mol. The molecule has 2 aromatic rings. The van der Waals surface area contributed by atoms with Crippen LogP contribution in [-0.4, -0.2) is 11.1 Å². The summed E-state index contributed by atoms with van der Waals surface area (Å²) in [6.45, 7) is 1.73.